The third kappa shape index (κ3) is 3.41. The van der Waals surface area contributed by atoms with Crippen molar-refractivity contribution < 1.29 is 23.8 Å². The van der Waals surface area contributed by atoms with Crippen LogP contribution in [0.1, 0.15) is 18.4 Å². The van der Waals surface area contributed by atoms with Crippen molar-refractivity contribution in [2.75, 3.05) is 13.2 Å². The predicted molar refractivity (Wildman–Crippen MR) is 103 cm³/mol. The fraction of sp³-hybridized carbons (Fsp3) is 0.227. The van der Waals surface area contributed by atoms with Crippen molar-refractivity contribution in [1.82, 2.24) is 0 Å². The summed E-state index contributed by atoms with van der Waals surface area (Å²) >= 11 is 0. The van der Waals surface area contributed by atoms with Crippen molar-refractivity contribution in [3.8, 4) is 0 Å². The molecule has 1 saturated heterocycles. The van der Waals surface area contributed by atoms with Gasteiger partial charge < -0.3 is 14.2 Å². The number of cyclic esters (lactones) is 2. The molecule has 1 aliphatic rings. The quantitative estimate of drug-likeness (QED) is 0.646. The highest BCUT2D eigenvalue weighted by atomic mass is 16.8. The molecule has 0 radical (unpaired) electrons. The molecule has 28 heavy (non-hydrogen) atoms. The molecule has 4 rings (SSSR count). The van der Waals surface area contributed by atoms with Crippen LogP contribution in [-0.4, -0.2) is 31.4 Å². The maximum absolute atomic E-state index is 12.8. The normalized spacial score (nSPS) is 17.2. The Bertz CT molecular complexity index is 1140. The van der Waals surface area contributed by atoms with Gasteiger partial charge in [0.2, 0.25) is 0 Å². The first-order chi connectivity index (χ1) is 13.5. The van der Waals surface area contributed by atoms with Crippen LogP contribution in [0.5, 0.6) is 0 Å². The fourth-order valence-corrected chi connectivity index (χ4v) is 3.25. The summed E-state index contributed by atoms with van der Waals surface area (Å²) in [7, 11) is 0. The number of ether oxygens (including phenoxy) is 3. The van der Waals surface area contributed by atoms with Crippen molar-refractivity contribution in [2.45, 2.75) is 18.9 Å². The third-order valence-electron chi connectivity index (χ3n) is 4.88. The molecule has 142 valence electrons. The van der Waals surface area contributed by atoms with Crippen molar-refractivity contribution >= 4 is 33.7 Å². The second kappa shape index (κ2) is 7.31. The van der Waals surface area contributed by atoms with E-state index in [2.05, 4.69) is 4.74 Å². The Labute approximate surface area is 160 Å². The van der Waals surface area contributed by atoms with Crippen LogP contribution in [0.3, 0.4) is 0 Å². The summed E-state index contributed by atoms with van der Waals surface area (Å²) in [5.41, 5.74) is 0.701. The van der Waals surface area contributed by atoms with E-state index in [4.69, 9.17) is 9.47 Å². The average Bonchev–Trinajstić information content (AvgIpc) is 3.08. The lowest BCUT2D eigenvalue weighted by Gasteiger charge is -2.13. The van der Waals surface area contributed by atoms with Crippen molar-refractivity contribution in [3.05, 3.63) is 70.4 Å². The first kappa shape index (κ1) is 18.0. The number of fused-ring (bicyclic) bond motifs is 2. The molecule has 3 aromatic rings. The van der Waals surface area contributed by atoms with Gasteiger partial charge in [-0.15, -0.1) is 0 Å². The largest absolute Gasteiger partial charge is 0.508 e. The molecule has 3 aromatic carbocycles. The van der Waals surface area contributed by atoms with Crippen LogP contribution in [0.25, 0.3) is 21.5 Å². The topological polar surface area (TPSA) is 78.9 Å². The molecule has 0 bridgehead atoms. The second-order valence-corrected chi connectivity index (χ2v) is 6.75. The number of hydrogen-bond donors (Lipinski definition) is 0. The minimum absolute atomic E-state index is 0.0413. The summed E-state index contributed by atoms with van der Waals surface area (Å²) in [6.07, 6.45) is -1.33. The molecule has 0 spiro atoms. The van der Waals surface area contributed by atoms with Gasteiger partial charge in [0.1, 0.15) is 13.2 Å². The monoisotopic (exact) mass is 378 g/mol. The highest BCUT2D eigenvalue weighted by Crippen LogP contribution is 2.23. The standard InChI is InChI=1S/C22H18O6/c1-13(21(24)26-11-17-12-27-22(25)28-17)15-8-9-19-16(10-15)7-6-14-4-2-3-5-18(14)20(19)23/h2-10,13,17H,11-12H2,1H3/t13?,17-/m0/s1. The van der Waals surface area contributed by atoms with E-state index < -0.39 is 24.1 Å². The van der Waals surface area contributed by atoms with E-state index in [0.29, 0.717) is 10.8 Å². The molecule has 6 heteroatoms. The van der Waals surface area contributed by atoms with Gasteiger partial charge in [-0.1, -0.05) is 54.6 Å². The highest BCUT2D eigenvalue weighted by molar-refractivity contribution is 5.94. The molecular formula is C22H18O6. The van der Waals surface area contributed by atoms with Crippen LogP contribution in [0.15, 0.2) is 59.4 Å². The number of hydrogen-bond acceptors (Lipinski definition) is 6. The number of benzene rings is 2. The van der Waals surface area contributed by atoms with E-state index in [0.717, 1.165) is 16.3 Å². The van der Waals surface area contributed by atoms with E-state index in [1.54, 1.807) is 19.1 Å². The number of carbonyl (C=O) groups is 2. The van der Waals surface area contributed by atoms with Gasteiger partial charge in [0, 0.05) is 10.8 Å². The Balaban J connectivity index is 1.60. The van der Waals surface area contributed by atoms with Crippen molar-refractivity contribution in [3.63, 3.8) is 0 Å². The van der Waals surface area contributed by atoms with Crippen LogP contribution in [-0.2, 0) is 19.0 Å². The zero-order valence-electron chi connectivity index (χ0n) is 15.2. The smallest absolute Gasteiger partial charge is 0.461 e. The Kier molecular flexibility index (Phi) is 4.69. The van der Waals surface area contributed by atoms with Gasteiger partial charge in [-0.25, -0.2) is 4.79 Å². The van der Waals surface area contributed by atoms with Crippen LogP contribution < -0.4 is 5.43 Å². The Morgan fingerprint density at radius 3 is 2.61 bits per heavy atom. The van der Waals surface area contributed by atoms with Crippen molar-refractivity contribution in [1.29, 1.82) is 0 Å². The Morgan fingerprint density at radius 1 is 1.07 bits per heavy atom. The average molecular weight is 378 g/mol. The van der Waals surface area contributed by atoms with Gasteiger partial charge in [-0.05, 0) is 23.3 Å². The molecule has 6 nitrogen and oxygen atoms in total. The van der Waals surface area contributed by atoms with Gasteiger partial charge >= 0.3 is 12.1 Å². The highest BCUT2D eigenvalue weighted by Gasteiger charge is 2.27. The van der Waals surface area contributed by atoms with Crippen LogP contribution in [0.2, 0.25) is 0 Å². The summed E-state index contributed by atoms with van der Waals surface area (Å²) < 4.78 is 14.8. The molecule has 0 aliphatic carbocycles. The summed E-state index contributed by atoms with van der Waals surface area (Å²) in [5, 5.41) is 2.88. The number of carbonyl (C=O) groups excluding carboxylic acids is 2. The van der Waals surface area contributed by atoms with Crippen LogP contribution >= 0.6 is 0 Å². The summed E-state index contributed by atoms with van der Waals surface area (Å²) in [5.74, 6) is -0.965. The fourth-order valence-electron chi connectivity index (χ4n) is 3.25. The lowest BCUT2D eigenvalue weighted by atomic mass is 9.98. The minimum Gasteiger partial charge on any atom is -0.461 e. The summed E-state index contributed by atoms with van der Waals surface area (Å²) in [6.45, 7) is 1.76. The summed E-state index contributed by atoms with van der Waals surface area (Å²) in [4.78, 5) is 36.1. The van der Waals surface area contributed by atoms with Gasteiger partial charge in [0.15, 0.2) is 11.5 Å². The van der Waals surface area contributed by atoms with E-state index >= 15 is 0 Å². The first-order valence-corrected chi connectivity index (χ1v) is 8.99. The molecule has 1 fully saturated rings. The van der Waals surface area contributed by atoms with Gasteiger partial charge in [0.05, 0.1) is 5.92 Å². The number of rotatable bonds is 4. The molecule has 0 N–H and O–H groups in total. The molecule has 0 amide bonds. The molecule has 0 saturated carbocycles. The van der Waals surface area contributed by atoms with Crippen molar-refractivity contribution in [2.24, 2.45) is 0 Å². The maximum atomic E-state index is 12.8. The zero-order valence-corrected chi connectivity index (χ0v) is 15.2. The van der Waals surface area contributed by atoms with Gasteiger partial charge in [0.25, 0.3) is 0 Å². The van der Waals surface area contributed by atoms with Crippen LogP contribution in [0, 0.1) is 0 Å². The molecule has 1 aliphatic heterocycles. The SMILES string of the molecule is CC(C(=O)OC[C@H]1COC(=O)O1)c1ccc2c(=O)c3ccccc3ccc2c1. The van der Waals surface area contributed by atoms with Gasteiger partial charge in [-0.2, -0.15) is 0 Å². The van der Waals surface area contributed by atoms with Crippen LogP contribution in [0.4, 0.5) is 4.79 Å². The molecule has 0 aromatic heterocycles. The molecular weight excluding hydrogens is 360 g/mol. The van der Waals surface area contributed by atoms with E-state index in [1.165, 1.54) is 0 Å². The van der Waals surface area contributed by atoms with E-state index in [-0.39, 0.29) is 18.6 Å². The second-order valence-electron chi connectivity index (χ2n) is 6.75. The number of esters is 1. The predicted octanol–water partition coefficient (Wildman–Crippen LogP) is 3.54. The maximum Gasteiger partial charge on any atom is 0.508 e. The van der Waals surface area contributed by atoms with Gasteiger partial charge in [-0.3, -0.25) is 9.59 Å². The lowest BCUT2D eigenvalue weighted by molar-refractivity contribution is -0.147. The van der Waals surface area contributed by atoms with E-state index in [1.807, 2.05) is 42.5 Å². The van der Waals surface area contributed by atoms with E-state index in [9.17, 15) is 14.4 Å². The zero-order chi connectivity index (χ0) is 19.7. The lowest BCUT2D eigenvalue weighted by Crippen LogP contribution is -2.23. The molecule has 1 unspecified atom stereocenters. The summed E-state index contributed by atoms with van der Waals surface area (Å²) in [6, 6.07) is 16.6. The Hall–Kier alpha value is -3.41. The Morgan fingerprint density at radius 2 is 1.82 bits per heavy atom. The first-order valence-electron chi connectivity index (χ1n) is 8.99. The molecule has 1 heterocycles. The molecule has 2 atom stereocenters. The third-order valence-corrected chi connectivity index (χ3v) is 4.88. The minimum atomic E-state index is -0.752.